The van der Waals surface area contributed by atoms with E-state index in [-0.39, 0.29) is 17.1 Å². The average Bonchev–Trinajstić information content (AvgIpc) is 3.18. The quantitative estimate of drug-likeness (QED) is 0.661. The number of amides is 2. The third-order valence-electron chi connectivity index (χ3n) is 5.59. The fourth-order valence-corrected chi connectivity index (χ4v) is 4.89. The van der Waals surface area contributed by atoms with Crippen molar-refractivity contribution in [3.8, 4) is 0 Å². The third kappa shape index (κ3) is 3.23. The van der Waals surface area contributed by atoms with Crippen LogP contribution in [0.4, 0.5) is 5.69 Å². The zero-order valence-electron chi connectivity index (χ0n) is 16.1. The fourth-order valence-electron chi connectivity index (χ4n) is 3.96. The van der Waals surface area contributed by atoms with Crippen molar-refractivity contribution >= 4 is 45.7 Å². The summed E-state index contributed by atoms with van der Waals surface area (Å²) in [5, 5.41) is 4.01. The van der Waals surface area contributed by atoms with Gasteiger partial charge in [-0.25, -0.2) is 0 Å². The minimum atomic E-state index is -0.112. The highest BCUT2D eigenvalue weighted by Gasteiger charge is 2.25. The Bertz CT molecular complexity index is 1160. The highest BCUT2D eigenvalue weighted by molar-refractivity contribution is 8.00. The summed E-state index contributed by atoms with van der Waals surface area (Å²) >= 11 is 1.53. The van der Waals surface area contributed by atoms with Crippen molar-refractivity contribution < 1.29 is 9.59 Å². The van der Waals surface area contributed by atoms with Crippen LogP contribution in [0.25, 0.3) is 16.5 Å². The van der Waals surface area contributed by atoms with E-state index >= 15 is 0 Å². The van der Waals surface area contributed by atoms with Crippen molar-refractivity contribution in [1.29, 1.82) is 0 Å². The first-order valence-electron chi connectivity index (χ1n) is 9.76. The molecular formula is C23H21N3O2S. The Morgan fingerprint density at radius 3 is 2.90 bits per heavy atom. The Morgan fingerprint density at radius 1 is 1.21 bits per heavy atom. The van der Waals surface area contributed by atoms with Crippen LogP contribution in [-0.2, 0) is 4.79 Å². The van der Waals surface area contributed by atoms with Gasteiger partial charge in [0.25, 0.3) is 5.91 Å². The molecule has 0 saturated heterocycles. The van der Waals surface area contributed by atoms with Gasteiger partial charge >= 0.3 is 0 Å². The number of aromatic nitrogens is 1. The second kappa shape index (κ2) is 7.12. The number of para-hydroxylation sites is 1. The topological polar surface area (TPSA) is 65.2 Å². The highest BCUT2D eigenvalue weighted by Crippen LogP contribution is 2.36. The molecule has 0 bridgehead atoms. The van der Waals surface area contributed by atoms with E-state index in [2.05, 4.69) is 34.7 Å². The van der Waals surface area contributed by atoms with Crippen LogP contribution in [0.3, 0.4) is 0 Å². The third-order valence-corrected chi connectivity index (χ3v) is 6.77. The number of benzene rings is 2. The standard InChI is InChI=1S/C23H21N3O2S/c1-14-22(27)25-20-12-16(6-7-21(20)29-14)23(28)26-10-8-15(9-11-26)18-13-24-19-5-3-2-4-17(18)19/h2-8,12-14,24H,9-11H2,1H3,(H,25,27)/t14-/m1/s1. The molecule has 1 atom stereocenters. The van der Waals surface area contributed by atoms with Gasteiger partial charge in [-0.2, -0.15) is 0 Å². The molecule has 0 aliphatic carbocycles. The van der Waals surface area contributed by atoms with E-state index < -0.39 is 0 Å². The number of nitrogens with zero attached hydrogens (tertiary/aromatic N) is 1. The van der Waals surface area contributed by atoms with Gasteiger partial charge in [-0.1, -0.05) is 24.3 Å². The van der Waals surface area contributed by atoms with E-state index in [1.165, 1.54) is 28.3 Å². The number of anilines is 1. The number of hydrogen-bond donors (Lipinski definition) is 2. The number of H-pyrrole nitrogens is 1. The van der Waals surface area contributed by atoms with Crippen LogP contribution in [0.5, 0.6) is 0 Å². The van der Waals surface area contributed by atoms with Gasteiger partial charge < -0.3 is 15.2 Å². The summed E-state index contributed by atoms with van der Waals surface area (Å²) < 4.78 is 0. The first kappa shape index (κ1) is 18.1. The second-order valence-corrected chi connectivity index (χ2v) is 8.82. The Morgan fingerprint density at radius 2 is 2.07 bits per heavy atom. The molecule has 0 radical (unpaired) electrons. The predicted octanol–water partition coefficient (Wildman–Crippen LogP) is 4.53. The van der Waals surface area contributed by atoms with Crippen molar-refractivity contribution in [1.82, 2.24) is 9.88 Å². The van der Waals surface area contributed by atoms with E-state index in [4.69, 9.17) is 0 Å². The average molecular weight is 404 g/mol. The van der Waals surface area contributed by atoms with Gasteiger partial charge in [0.1, 0.15) is 0 Å². The predicted molar refractivity (Wildman–Crippen MR) is 117 cm³/mol. The first-order chi connectivity index (χ1) is 14.1. The van der Waals surface area contributed by atoms with Crippen molar-refractivity contribution in [3.63, 3.8) is 0 Å². The van der Waals surface area contributed by atoms with Crippen molar-refractivity contribution in [2.24, 2.45) is 0 Å². The maximum Gasteiger partial charge on any atom is 0.254 e. The molecule has 5 rings (SSSR count). The van der Waals surface area contributed by atoms with Crippen LogP contribution in [0.2, 0.25) is 0 Å². The van der Waals surface area contributed by atoms with Crippen LogP contribution in [0, 0.1) is 0 Å². The molecule has 0 fully saturated rings. The highest BCUT2D eigenvalue weighted by atomic mass is 32.2. The molecule has 3 aromatic rings. The van der Waals surface area contributed by atoms with Gasteiger partial charge in [0.2, 0.25) is 5.91 Å². The van der Waals surface area contributed by atoms with Gasteiger partial charge in [0.05, 0.1) is 10.9 Å². The summed E-state index contributed by atoms with van der Waals surface area (Å²) in [6.07, 6.45) is 5.02. The van der Waals surface area contributed by atoms with Crippen LogP contribution in [-0.4, -0.2) is 40.0 Å². The molecule has 1 aromatic heterocycles. The summed E-state index contributed by atoms with van der Waals surface area (Å²) in [6.45, 7) is 3.15. The molecule has 6 heteroatoms. The molecule has 2 aromatic carbocycles. The van der Waals surface area contributed by atoms with E-state index in [1.807, 2.05) is 36.1 Å². The minimum absolute atomic E-state index is 0.0000948. The molecule has 2 amide bonds. The van der Waals surface area contributed by atoms with Crippen LogP contribution in [0.15, 0.2) is 59.6 Å². The van der Waals surface area contributed by atoms with Crippen molar-refractivity contribution in [2.45, 2.75) is 23.5 Å². The van der Waals surface area contributed by atoms with Crippen molar-refractivity contribution in [2.75, 3.05) is 18.4 Å². The molecule has 2 aliphatic rings. The zero-order chi connectivity index (χ0) is 20.0. The van der Waals surface area contributed by atoms with Gasteiger partial charge in [0.15, 0.2) is 0 Å². The summed E-state index contributed by atoms with van der Waals surface area (Å²) in [5.41, 5.74) is 4.97. The Kier molecular flexibility index (Phi) is 4.43. The van der Waals surface area contributed by atoms with Crippen LogP contribution in [0.1, 0.15) is 29.3 Å². The Labute approximate surface area is 173 Å². The second-order valence-electron chi connectivity index (χ2n) is 7.44. The lowest BCUT2D eigenvalue weighted by atomic mass is 9.98. The number of aromatic amines is 1. The largest absolute Gasteiger partial charge is 0.361 e. The van der Waals surface area contributed by atoms with Gasteiger partial charge in [0, 0.05) is 46.2 Å². The Hall–Kier alpha value is -2.99. The summed E-state index contributed by atoms with van der Waals surface area (Å²) in [6, 6.07) is 13.9. The summed E-state index contributed by atoms with van der Waals surface area (Å²) in [4.78, 5) is 31.1. The molecule has 5 nitrogen and oxygen atoms in total. The monoisotopic (exact) mass is 403 g/mol. The summed E-state index contributed by atoms with van der Waals surface area (Å²) in [7, 11) is 0. The number of nitrogens with one attached hydrogen (secondary N) is 2. The van der Waals surface area contributed by atoms with E-state index in [0.717, 1.165) is 22.5 Å². The SMILES string of the molecule is C[C@H]1Sc2ccc(C(=O)N3CC=C(c4c[nH]c5ccccc45)CC3)cc2NC1=O. The lowest BCUT2D eigenvalue weighted by molar-refractivity contribution is -0.115. The number of carbonyl (C=O) groups is 2. The van der Waals surface area contributed by atoms with Gasteiger partial charge in [-0.05, 0) is 43.2 Å². The van der Waals surface area contributed by atoms with Crippen LogP contribution < -0.4 is 5.32 Å². The molecular weight excluding hydrogens is 382 g/mol. The first-order valence-corrected chi connectivity index (χ1v) is 10.6. The van der Waals surface area contributed by atoms with E-state index in [0.29, 0.717) is 18.7 Å². The maximum atomic E-state index is 13.0. The van der Waals surface area contributed by atoms with Crippen LogP contribution >= 0.6 is 11.8 Å². The molecule has 3 heterocycles. The number of carbonyl (C=O) groups excluding carboxylic acids is 2. The lowest BCUT2D eigenvalue weighted by Crippen LogP contribution is -2.35. The van der Waals surface area contributed by atoms with E-state index in [1.54, 1.807) is 6.07 Å². The number of fused-ring (bicyclic) bond motifs is 2. The fraction of sp³-hybridized carbons (Fsp3) is 0.217. The van der Waals surface area contributed by atoms with Gasteiger partial charge in [-0.15, -0.1) is 11.8 Å². The molecule has 146 valence electrons. The van der Waals surface area contributed by atoms with Gasteiger partial charge in [-0.3, -0.25) is 9.59 Å². The molecule has 0 saturated carbocycles. The lowest BCUT2D eigenvalue weighted by Gasteiger charge is -2.27. The normalized spacial score (nSPS) is 18.9. The number of thioether (sulfide) groups is 1. The molecule has 2 N–H and O–H groups in total. The number of hydrogen-bond acceptors (Lipinski definition) is 3. The smallest absolute Gasteiger partial charge is 0.254 e. The molecule has 0 unspecified atom stereocenters. The maximum absolute atomic E-state index is 13.0. The van der Waals surface area contributed by atoms with E-state index in [9.17, 15) is 9.59 Å². The molecule has 29 heavy (non-hydrogen) atoms. The number of rotatable bonds is 2. The Balaban J connectivity index is 1.35. The molecule has 2 aliphatic heterocycles. The van der Waals surface area contributed by atoms with Crippen molar-refractivity contribution in [3.05, 3.63) is 65.9 Å². The summed E-state index contributed by atoms with van der Waals surface area (Å²) in [5.74, 6) is -0.0173. The molecule has 0 spiro atoms. The minimum Gasteiger partial charge on any atom is -0.361 e. The zero-order valence-corrected chi connectivity index (χ0v) is 16.9.